The van der Waals surface area contributed by atoms with E-state index in [1.54, 1.807) is 0 Å². The summed E-state index contributed by atoms with van der Waals surface area (Å²) in [7, 11) is 1.83. The first-order chi connectivity index (χ1) is 6.20. The SMILES string of the molecule is CNCC(C)NC(=O)CCNC=O. The molecule has 76 valence electrons. The fraction of sp³-hybridized carbons (Fsp3) is 0.750. The number of carbonyl (C=O) groups is 2. The van der Waals surface area contributed by atoms with Gasteiger partial charge in [-0.2, -0.15) is 0 Å². The summed E-state index contributed by atoms with van der Waals surface area (Å²) in [4.78, 5) is 21.0. The fourth-order valence-electron chi connectivity index (χ4n) is 0.949. The summed E-state index contributed by atoms with van der Waals surface area (Å²) in [5.74, 6) is -0.0444. The van der Waals surface area contributed by atoms with Gasteiger partial charge in [-0.25, -0.2) is 0 Å². The minimum atomic E-state index is -0.0444. The first kappa shape index (κ1) is 11.9. The molecule has 0 spiro atoms. The van der Waals surface area contributed by atoms with Crippen LogP contribution in [0.1, 0.15) is 13.3 Å². The lowest BCUT2D eigenvalue weighted by Gasteiger charge is -2.12. The Morgan fingerprint density at radius 2 is 2.23 bits per heavy atom. The predicted octanol–water partition coefficient (Wildman–Crippen LogP) is -1.15. The first-order valence-corrected chi connectivity index (χ1v) is 4.31. The number of rotatable bonds is 7. The maximum absolute atomic E-state index is 11.1. The van der Waals surface area contributed by atoms with E-state index in [1.165, 1.54) is 0 Å². The smallest absolute Gasteiger partial charge is 0.222 e. The molecule has 1 atom stereocenters. The zero-order valence-corrected chi connectivity index (χ0v) is 8.09. The lowest BCUT2D eigenvalue weighted by molar-refractivity contribution is -0.121. The average molecular weight is 187 g/mol. The zero-order chi connectivity index (χ0) is 10.1. The van der Waals surface area contributed by atoms with Crippen LogP contribution in [0.15, 0.2) is 0 Å². The van der Waals surface area contributed by atoms with Crippen molar-refractivity contribution in [1.82, 2.24) is 16.0 Å². The quantitative estimate of drug-likeness (QED) is 0.348. The van der Waals surface area contributed by atoms with Crippen molar-refractivity contribution in [2.75, 3.05) is 20.1 Å². The second-order valence-electron chi connectivity index (χ2n) is 2.85. The summed E-state index contributed by atoms with van der Waals surface area (Å²) in [5, 5.41) is 8.16. The molecule has 13 heavy (non-hydrogen) atoms. The molecular weight excluding hydrogens is 170 g/mol. The molecule has 0 fully saturated rings. The molecule has 0 aromatic rings. The Labute approximate surface area is 78.3 Å². The number of likely N-dealkylation sites (N-methyl/N-ethyl adjacent to an activating group) is 1. The second kappa shape index (κ2) is 7.54. The van der Waals surface area contributed by atoms with E-state index >= 15 is 0 Å². The molecule has 0 saturated heterocycles. The highest BCUT2D eigenvalue weighted by Gasteiger charge is 2.04. The largest absolute Gasteiger partial charge is 0.358 e. The number of hydrogen-bond acceptors (Lipinski definition) is 3. The molecule has 5 nitrogen and oxygen atoms in total. The van der Waals surface area contributed by atoms with Crippen molar-refractivity contribution >= 4 is 12.3 Å². The Balaban J connectivity index is 3.43. The van der Waals surface area contributed by atoms with Crippen molar-refractivity contribution in [2.24, 2.45) is 0 Å². The summed E-state index contributed by atoms with van der Waals surface area (Å²) < 4.78 is 0. The summed E-state index contributed by atoms with van der Waals surface area (Å²) in [6.07, 6.45) is 0.914. The predicted molar refractivity (Wildman–Crippen MR) is 50.2 cm³/mol. The second-order valence-corrected chi connectivity index (χ2v) is 2.85. The van der Waals surface area contributed by atoms with Crippen molar-refractivity contribution in [2.45, 2.75) is 19.4 Å². The van der Waals surface area contributed by atoms with Crippen LogP contribution in [0, 0.1) is 0 Å². The van der Waals surface area contributed by atoms with Gasteiger partial charge in [-0.05, 0) is 14.0 Å². The van der Waals surface area contributed by atoms with E-state index in [0.29, 0.717) is 19.4 Å². The zero-order valence-electron chi connectivity index (χ0n) is 8.09. The van der Waals surface area contributed by atoms with Gasteiger partial charge in [0.15, 0.2) is 0 Å². The van der Waals surface area contributed by atoms with Gasteiger partial charge in [0, 0.05) is 25.6 Å². The number of amides is 2. The molecule has 0 rings (SSSR count). The van der Waals surface area contributed by atoms with Gasteiger partial charge in [-0.15, -0.1) is 0 Å². The van der Waals surface area contributed by atoms with Gasteiger partial charge in [0.2, 0.25) is 12.3 Å². The topological polar surface area (TPSA) is 70.2 Å². The molecule has 0 bridgehead atoms. The monoisotopic (exact) mass is 187 g/mol. The molecule has 0 aliphatic carbocycles. The molecule has 1 unspecified atom stereocenters. The van der Waals surface area contributed by atoms with Crippen LogP contribution in [-0.4, -0.2) is 38.5 Å². The molecule has 2 amide bonds. The van der Waals surface area contributed by atoms with E-state index in [1.807, 2.05) is 14.0 Å². The summed E-state index contributed by atoms with van der Waals surface area (Å²) >= 11 is 0. The van der Waals surface area contributed by atoms with Crippen molar-refractivity contribution in [3.05, 3.63) is 0 Å². The lowest BCUT2D eigenvalue weighted by Crippen LogP contribution is -2.39. The van der Waals surface area contributed by atoms with Crippen LogP contribution in [-0.2, 0) is 9.59 Å². The molecule has 0 aromatic carbocycles. The molecule has 0 aliphatic heterocycles. The van der Waals surface area contributed by atoms with E-state index in [2.05, 4.69) is 16.0 Å². The normalized spacial score (nSPS) is 11.8. The first-order valence-electron chi connectivity index (χ1n) is 4.31. The molecule has 0 radical (unpaired) electrons. The van der Waals surface area contributed by atoms with Crippen molar-refractivity contribution in [1.29, 1.82) is 0 Å². The lowest BCUT2D eigenvalue weighted by atomic mass is 10.3. The molecule has 5 heteroatoms. The van der Waals surface area contributed by atoms with Crippen LogP contribution in [0.3, 0.4) is 0 Å². The van der Waals surface area contributed by atoms with Gasteiger partial charge in [-0.1, -0.05) is 0 Å². The standard InChI is InChI=1S/C8H17N3O2/c1-7(5-9-2)11-8(13)3-4-10-6-12/h6-7,9H,3-5H2,1-2H3,(H,10,12)(H,11,13). The summed E-state index contributed by atoms with van der Waals surface area (Å²) in [6, 6.07) is 0.119. The third-order valence-corrected chi connectivity index (χ3v) is 1.50. The Kier molecular flexibility index (Phi) is 6.91. The van der Waals surface area contributed by atoms with Gasteiger partial charge in [0.25, 0.3) is 0 Å². The highest BCUT2D eigenvalue weighted by molar-refractivity contribution is 5.76. The minimum absolute atomic E-state index is 0.0444. The summed E-state index contributed by atoms with van der Waals surface area (Å²) in [6.45, 7) is 3.05. The van der Waals surface area contributed by atoms with E-state index in [9.17, 15) is 9.59 Å². The molecule has 0 saturated carbocycles. The van der Waals surface area contributed by atoms with E-state index < -0.39 is 0 Å². The Morgan fingerprint density at radius 3 is 2.77 bits per heavy atom. The van der Waals surface area contributed by atoms with E-state index in [0.717, 1.165) is 6.54 Å². The van der Waals surface area contributed by atoms with Crippen LogP contribution in [0.25, 0.3) is 0 Å². The number of carbonyl (C=O) groups excluding carboxylic acids is 2. The Bertz CT molecular complexity index is 161. The van der Waals surface area contributed by atoms with Gasteiger partial charge in [0.1, 0.15) is 0 Å². The van der Waals surface area contributed by atoms with Gasteiger partial charge < -0.3 is 16.0 Å². The van der Waals surface area contributed by atoms with Crippen LogP contribution in [0.5, 0.6) is 0 Å². The number of hydrogen-bond donors (Lipinski definition) is 3. The average Bonchev–Trinajstić information content (AvgIpc) is 2.05. The van der Waals surface area contributed by atoms with Crippen molar-refractivity contribution in [3.8, 4) is 0 Å². The van der Waals surface area contributed by atoms with Crippen LogP contribution >= 0.6 is 0 Å². The highest BCUT2D eigenvalue weighted by atomic mass is 16.1. The minimum Gasteiger partial charge on any atom is -0.358 e. The van der Waals surface area contributed by atoms with Gasteiger partial charge >= 0.3 is 0 Å². The van der Waals surface area contributed by atoms with Crippen molar-refractivity contribution in [3.63, 3.8) is 0 Å². The molecule has 0 aliphatic rings. The van der Waals surface area contributed by atoms with Crippen LogP contribution < -0.4 is 16.0 Å². The summed E-state index contributed by atoms with van der Waals surface area (Å²) in [5.41, 5.74) is 0. The van der Waals surface area contributed by atoms with Crippen LogP contribution in [0.4, 0.5) is 0 Å². The Morgan fingerprint density at radius 1 is 1.54 bits per heavy atom. The van der Waals surface area contributed by atoms with Crippen LogP contribution in [0.2, 0.25) is 0 Å². The Hall–Kier alpha value is -1.10. The van der Waals surface area contributed by atoms with Gasteiger partial charge in [0.05, 0.1) is 0 Å². The van der Waals surface area contributed by atoms with Gasteiger partial charge in [-0.3, -0.25) is 9.59 Å². The molecular formula is C8H17N3O2. The van der Waals surface area contributed by atoms with E-state index in [-0.39, 0.29) is 11.9 Å². The fourth-order valence-corrected chi connectivity index (χ4v) is 0.949. The third-order valence-electron chi connectivity index (χ3n) is 1.50. The third kappa shape index (κ3) is 7.27. The maximum atomic E-state index is 11.1. The van der Waals surface area contributed by atoms with Crippen molar-refractivity contribution < 1.29 is 9.59 Å². The number of nitrogens with one attached hydrogen (secondary N) is 3. The maximum Gasteiger partial charge on any atom is 0.222 e. The van der Waals surface area contributed by atoms with E-state index in [4.69, 9.17) is 0 Å². The molecule has 0 aromatic heterocycles. The molecule has 0 heterocycles. The highest BCUT2D eigenvalue weighted by Crippen LogP contribution is 1.82. The molecule has 3 N–H and O–H groups in total.